The number of hydrogen-bond donors (Lipinski definition) is 1. The predicted octanol–water partition coefficient (Wildman–Crippen LogP) is 1.34. The van der Waals surface area contributed by atoms with E-state index in [-0.39, 0.29) is 0 Å². The van der Waals surface area contributed by atoms with E-state index in [0.29, 0.717) is 5.56 Å². The van der Waals surface area contributed by atoms with Crippen LogP contribution in [0.1, 0.15) is 11.1 Å². The molecule has 2 rings (SSSR count). The summed E-state index contributed by atoms with van der Waals surface area (Å²) in [6.07, 6.45) is 6.31. The molecule has 5 heteroatoms. The van der Waals surface area contributed by atoms with Crippen molar-refractivity contribution in [1.29, 1.82) is 5.26 Å². The van der Waals surface area contributed by atoms with E-state index in [1.54, 1.807) is 16.9 Å². The van der Waals surface area contributed by atoms with E-state index >= 15 is 0 Å². The van der Waals surface area contributed by atoms with Crippen LogP contribution in [-0.4, -0.2) is 21.3 Å². The maximum absolute atomic E-state index is 8.64. The molecule has 2 heterocycles. The van der Waals surface area contributed by atoms with E-state index in [2.05, 4.69) is 15.4 Å². The fraction of sp³-hybridized carbons (Fsp3) is 0.250. The average molecular weight is 227 g/mol. The second-order valence-corrected chi connectivity index (χ2v) is 3.74. The number of rotatable bonds is 4. The highest BCUT2D eigenvalue weighted by Crippen LogP contribution is 2.04. The number of nitrogens with zero attached hydrogens (tertiary/aromatic N) is 4. The second kappa shape index (κ2) is 5.12. The smallest absolute Gasteiger partial charge is 0.125 e. The molecule has 0 aromatic carbocycles. The predicted molar refractivity (Wildman–Crippen MR) is 64.4 cm³/mol. The Morgan fingerprint density at radius 1 is 1.41 bits per heavy atom. The first-order valence-electron chi connectivity index (χ1n) is 5.35. The molecule has 0 saturated carbocycles. The Balaban J connectivity index is 1.84. The molecule has 0 unspecified atom stereocenters. The first-order valence-corrected chi connectivity index (χ1v) is 5.35. The highest BCUT2D eigenvalue weighted by atomic mass is 15.2. The molecule has 2 aromatic heterocycles. The highest BCUT2D eigenvalue weighted by molar-refractivity contribution is 5.38. The lowest BCUT2D eigenvalue weighted by molar-refractivity contribution is 0.767. The molecule has 5 nitrogen and oxygen atoms in total. The minimum atomic E-state index is 0.572. The van der Waals surface area contributed by atoms with Gasteiger partial charge in [0.05, 0.1) is 11.8 Å². The SMILES string of the molecule is Cn1cc(CCNc2ccc(C#N)cn2)cn1. The number of anilines is 1. The van der Waals surface area contributed by atoms with Gasteiger partial charge in [0.15, 0.2) is 0 Å². The summed E-state index contributed by atoms with van der Waals surface area (Å²) in [5.41, 5.74) is 1.76. The van der Waals surface area contributed by atoms with Gasteiger partial charge in [-0.1, -0.05) is 0 Å². The molecule has 0 aliphatic carbocycles. The second-order valence-electron chi connectivity index (χ2n) is 3.74. The minimum Gasteiger partial charge on any atom is -0.370 e. The van der Waals surface area contributed by atoms with Gasteiger partial charge >= 0.3 is 0 Å². The van der Waals surface area contributed by atoms with Crippen LogP contribution in [0.4, 0.5) is 5.82 Å². The average Bonchev–Trinajstić information content (AvgIpc) is 2.76. The Bertz CT molecular complexity index is 521. The molecule has 1 N–H and O–H groups in total. The van der Waals surface area contributed by atoms with Crippen LogP contribution in [0.15, 0.2) is 30.7 Å². The lowest BCUT2D eigenvalue weighted by Gasteiger charge is -2.03. The third kappa shape index (κ3) is 3.05. The highest BCUT2D eigenvalue weighted by Gasteiger charge is 1.97. The molecular formula is C12H13N5. The molecule has 0 atom stereocenters. The van der Waals surface area contributed by atoms with Gasteiger partial charge in [-0.05, 0) is 24.1 Å². The summed E-state index contributed by atoms with van der Waals surface area (Å²) >= 11 is 0. The quantitative estimate of drug-likeness (QED) is 0.856. The van der Waals surface area contributed by atoms with Crippen LogP contribution in [0.3, 0.4) is 0 Å². The zero-order valence-electron chi connectivity index (χ0n) is 9.59. The van der Waals surface area contributed by atoms with Crippen molar-refractivity contribution in [1.82, 2.24) is 14.8 Å². The molecule has 0 aliphatic rings. The summed E-state index contributed by atoms with van der Waals surface area (Å²) in [5, 5.41) is 15.9. The molecule has 0 saturated heterocycles. The van der Waals surface area contributed by atoms with Gasteiger partial charge in [-0.25, -0.2) is 4.98 Å². The van der Waals surface area contributed by atoms with Gasteiger partial charge in [-0.2, -0.15) is 10.4 Å². The fourth-order valence-corrected chi connectivity index (χ4v) is 1.50. The molecule has 0 spiro atoms. The van der Waals surface area contributed by atoms with Crippen molar-refractivity contribution in [2.75, 3.05) is 11.9 Å². The number of aromatic nitrogens is 3. The van der Waals surface area contributed by atoms with Crippen molar-refractivity contribution < 1.29 is 0 Å². The van der Waals surface area contributed by atoms with E-state index in [1.807, 2.05) is 31.6 Å². The minimum absolute atomic E-state index is 0.572. The maximum atomic E-state index is 8.64. The Labute approximate surface area is 99.7 Å². The van der Waals surface area contributed by atoms with E-state index in [9.17, 15) is 0 Å². The molecule has 0 aliphatic heterocycles. The summed E-state index contributed by atoms with van der Waals surface area (Å²) in [6.45, 7) is 0.796. The van der Waals surface area contributed by atoms with Gasteiger partial charge in [-0.3, -0.25) is 4.68 Å². The molecular weight excluding hydrogens is 214 g/mol. The zero-order chi connectivity index (χ0) is 12.1. The van der Waals surface area contributed by atoms with Gasteiger partial charge in [0.25, 0.3) is 0 Å². The summed E-state index contributed by atoms with van der Waals surface area (Å²) in [6, 6.07) is 5.59. The third-order valence-corrected chi connectivity index (χ3v) is 2.37. The van der Waals surface area contributed by atoms with E-state index in [1.165, 1.54) is 5.56 Å². The normalized spacial score (nSPS) is 9.88. The van der Waals surface area contributed by atoms with Crippen molar-refractivity contribution in [3.8, 4) is 6.07 Å². The topological polar surface area (TPSA) is 66.5 Å². The Hall–Kier alpha value is -2.35. The van der Waals surface area contributed by atoms with Crippen molar-refractivity contribution in [3.63, 3.8) is 0 Å². The number of nitriles is 1. The zero-order valence-corrected chi connectivity index (χ0v) is 9.59. The molecule has 0 amide bonds. The van der Waals surface area contributed by atoms with E-state index in [0.717, 1.165) is 18.8 Å². The van der Waals surface area contributed by atoms with Crippen LogP contribution in [0.25, 0.3) is 0 Å². The number of hydrogen-bond acceptors (Lipinski definition) is 4. The fourth-order valence-electron chi connectivity index (χ4n) is 1.50. The van der Waals surface area contributed by atoms with E-state index < -0.39 is 0 Å². The molecule has 0 bridgehead atoms. The van der Waals surface area contributed by atoms with Crippen molar-refractivity contribution in [2.45, 2.75) is 6.42 Å². The van der Waals surface area contributed by atoms with Crippen molar-refractivity contribution in [2.24, 2.45) is 7.05 Å². The van der Waals surface area contributed by atoms with Gasteiger partial charge < -0.3 is 5.32 Å². The van der Waals surface area contributed by atoms with Crippen LogP contribution >= 0.6 is 0 Å². The van der Waals surface area contributed by atoms with Crippen LogP contribution in [0, 0.1) is 11.3 Å². The van der Waals surface area contributed by atoms with Crippen LogP contribution < -0.4 is 5.32 Å². The molecule has 86 valence electrons. The van der Waals surface area contributed by atoms with Gasteiger partial charge in [-0.15, -0.1) is 0 Å². The Kier molecular flexibility index (Phi) is 3.36. The van der Waals surface area contributed by atoms with E-state index in [4.69, 9.17) is 5.26 Å². The van der Waals surface area contributed by atoms with Crippen LogP contribution in [0.5, 0.6) is 0 Å². The molecule has 0 fully saturated rings. The number of pyridine rings is 1. The monoisotopic (exact) mass is 227 g/mol. The number of aryl methyl sites for hydroxylation is 1. The van der Waals surface area contributed by atoms with Crippen molar-refractivity contribution >= 4 is 5.82 Å². The van der Waals surface area contributed by atoms with Crippen molar-refractivity contribution in [3.05, 3.63) is 41.9 Å². The summed E-state index contributed by atoms with van der Waals surface area (Å²) < 4.78 is 1.79. The standard InChI is InChI=1S/C12H13N5/c1-17-9-11(8-16-17)4-5-14-12-3-2-10(6-13)7-15-12/h2-3,7-9H,4-5H2,1H3,(H,14,15). The van der Waals surface area contributed by atoms with Gasteiger partial charge in [0.2, 0.25) is 0 Å². The Morgan fingerprint density at radius 2 is 2.29 bits per heavy atom. The first kappa shape index (κ1) is 11.1. The lowest BCUT2D eigenvalue weighted by atomic mass is 10.2. The largest absolute Gasteiger partial charge is 0.370 e. The van der Waals surface area contributed by atoms with Gasteiger partial charge in [0.1, 0.15) is 11.9 Å². The van der Waals surface area contributed by atoms with Crippen LogP contribution in [0.2, 0.25) is 0 Å². The Morgan fingerprint density at radius 3 is 2.88 bits per heavy atom. The molecule has 2 aromatic rings. The first-order chi connectivity index (χ1) is 8.28. The summed E-state index contributed by atoms with van der Waals surface area (Å²) in [7, 11) is 1.90. The van der Waals surface area contributed by atoms with Gasteiger partial charge in [0, 0.05) is 26.0 Å². The van der Waals surface area contributed by atoms with Crippen LogP contribution in [-0.2, 0) is 13.5 Å². The maximum Gasteiger partial charge on any atom is 0.125 e. The number of nitrogens with one attached hydrogen (secondary N) is 1. The summed E-state index contributed by atoms with van der Waals surface area (Å²) in [5.74, 6) is 0.785. The summed E-state index contributed by atoms with van der Waals surface area (Å²) in [4.78, 5) is 4.13. The third-order valence-electron chi connectivity index (χ3n) is 2.37. The molecule has 0 radical (unpaired) electrons. The lowest BCUT2D eigenvalue weighted by Crippen LogP contribution is -2.05. The molecule has 17 heavy (non-hydrogen) atoms.